The second-order valence-corrected chi connectivity index (χ2v) is 5.61. The Labute approximate surface area is 118 Å². The van der Waals surface area contributed by atoms with E-state index in [0.717, 1.165) is 18.4 Å². The van der Waals surface area contributed by atoms with E-state index in [4.69, 9.17) is 4.74 Å². The summed E-state index contributed by atoms with van der Waals surface area (Å²) in [4.78, 5) is 0. The summed E-state index contributed by atoms with van der Waals surface area (Å²) in [5.74, 6) is 0.312. The molecule has 2 aromatic rings. The molecule has 0 fully saturated rings. The first-order chi connectivity index (χ1) is 9.77. The zero-order chi connectivity index (χ0) is 13.6. The summed E-state index contributed by atoms with van der Waals surface area (Å²) in [5.41, 5.74) is 4.67. The summed E-state index contributed by atoms with van der Waals surface area (Å²) >= 11 is 0. The van der Waals surface area contributed by atoms with Crippen molar-refractivity contribution >= 4 is 6.08 Å². The molecule has 2 aromatic carbocycles. The number of benzene rings is 2. The fourth-order valence-electron chi connectivity index (χ4n) is 3.34. The second kappa shape index (κ2) is 4.22. The maximum absolute atomic E-state index is 9.58. The highest BCUT2D eigenvalue weighted by molar-refractivity contribution is 5.59. The van der Waals surface area contributed by atoms with Gasteiger partial charge in [0.05, 0.1) is 6.61 Å². The Morgan fingerprint density at radius 2 is 1.95 bits per heavy atom. The molecule has 1 aliphatic carbocycles. The zero-order valence-electron chi connectivity index (χ0n) is 11.2. The molecule has 1 aliphatic heterocycles. The van der Waals surface area contributed by atoms with Crippen LogP contribution in [0.25, 0.3) is 6.08 Å². The van der Waals surface area contributed by atoms with Gasteiger partial charge in [0.25, 0.3) is 0 Å². The monoisotopic (exact) mass is 264 g/mol. The van der Waals surface area contributed by atoms with Crippen LogP contribution in [0.3, 0.4) is 0 Å². The van der Waals surface area contributed by atoms with Crippen LogP contribution in [0, 0.1) is 0 Å². The molecule has 1 spiro atoms. The number of hydrogen-bond donors (Lipinski definition) is 1. The van der Waals surface area contributed by atoms with Crippen LogP contribution in [0.1, 0.15) is 28.7 Å². The number of fused-ring (bicyclic) bond motifs is 3. The Morgan fingerprint density at radius 3 is 2.90 bits per heavy atom. The van der Waals surface area contributed by atoms with Crippen LogP contribution in [-0.2, 0) is 23.4 Å². The van der Waals surface area contributed by atoms with Crippen LogP contribution < -0.4 is 0 Å². The molecular formula is C18H16O2. The molecule has 1 unspecified atom stereocenters. The highest BCUT2D eigenvalue weighted by Crippen LogP contribution is 2.43. The van der Waals surface area contributed by atoms with Gasteiger partial charge in [-0.2, -0.15) is 0 Å². The van der Waals surface area contributed by atoms with E-state index >= 15 is 0 Å². The predicted octanol–water partition coefficient (Wildman–Crippen LogP) is 3.78. The normalized spacial score (nSPS) is 23.4. The van der Waals surface area contributed by atoms with Gasteiger partial charge in [-0.3, -0.25) is 0 Å². The van der Waals surface area contributed by atoms with E-state index in [1.165, 1.54) is 16.7 Å². The lowest BCUT2D eigenvalue weighted by molar-refractivity contribution is -0.0721. The molecule has 1 heterocycles. The lowest BCUT2D eigenvalue weighted by Gasteiger charge is -2.40. The molecular weight excluding hydrogens is 248 g/mol. The van der Waals surface area contributed by atoms with Gasteiger partial charge in [-0.1, -0.05) is 42.5 Å². The van der Waals surface area contributed by atoms with E-state index in [-0.39, 0.29) is 5.60 Å². The lowest BCUT2D eigenvalue weighted by atomic mass is 9.76. The van der Waals surface area contributed by atoms with Gasteiger partial charge in [0, 0.05) is 6.42 Å². The Morgan fingerprint density at radius 1 is 1.05 bits per heavy atom. The first-order valence-electron chi connectivity index (χ1n) is 6.98. The van der Waals surface area contributed by atoms with Crippen molar-refractivity contribution < 1.29 is 9.84 Å². The third-order valence-electron chi connectivity index (χ3n) is 4.37. The summed E-state index contributed by atoms with van der Waals surface area (Å²) in [6.07, 6.45) is 6.15. The molecule has 2 nitrogen and oxygen atoms in total. The minimum absolute atomic E-state index is 0.241. The van der Waals surface area contributed by atoms with Crippen molar-refractivity contribution in [2.24, 2.45) is 0 Å². The largest absolute Gasteiger partial charge is 0.508 e. The van der Waals surface area contributed by atoms with E-state index < -0.39 is 0 Å². The maximum Gasteiger partial charge on any atom is 0.115 e. The molecule has 0 saturated heterocycles. The van der Waals surface area contributed by atoms with Crippen LogP contribution in [0.5, 0.6) is 5.75 Å². The van der Waals surface area contributed by atoms with Crippen molar-refractivity contribution in [1.29, 1.82) is 0 Å². The molecule has 2 heteroatoms. The van der Waals surface area contributed by atoms with E-state index in [0.29, 0.717) is 12.4 Å². The SMILES string of the molecule is Oc1ccc2c(c1)COC1(CC=Cc3ccccc31)C2. The fourth-order valence-corrected chi connectivity index (χ4v) is 3.34. The first kappa shape index (κ1) is 11.7. The number of ether oxygens (including phenoxy) is 1. The van der Waals surface area contributed by atoms with Gasteiger partial charge in [0.15, 0.2) is 0 Å². The number of hydrogen-bond acceptors (Lipinski definition) is 2. The van der Waals surface area contributed by atoms with Crippen molar-refractivity contribution in [3.63, 3.8) is 0 Å². The van der Waals surface area contributed by atoms with Gasteiger partial charge in [0.2, 0.25) is 0 Å². The molecule has 100 valence electrons. The minimum Gasteiger partial charge on any atom is -0.508 e. The quantitative estimate of drug-likeness (QED) is 0.784. The van der Waals surface area contributed by atoms with Gasteiger partial charge in [-0.15, -0.1) is 0 Å². The summed E-state index contributed by atoms with van der Waals surface area (Å²) in [7, 11) is 0. The summed E-state index contributed by atoms with van der Waals surface area (Å²) in [6.45, 7) is 0.561. The van der Waals surface area contributed by atoms with Crippen LogP contribution in [-0.4, -0.2) is 5.11 Å². The Bertz CT molecular complexity index is 702. The lowest BCUT2D eigenvalue weighted by Crippen LogP contribution is -2.37. The Kier molecular flexibility index (Phi) is 2.48. The fraction of sp³-hybridized carbons (Fsp3) is 0.222. The second-order valence-electron chi connectivity index (χ2n) is 5.61. The molecule has 0 amide bonds. The van der Waals surface area contributed by atoms with E-state index in [1.807, 2.05) is 12.1 Å². The van der Waals surface area contributed by atoms with Crippen molar-refractivity contribution in [1.82, 2.24) is 0 Å². The highest BCUT2D eigenvalue weighted by atomic mass is 16.5. The van der Waals surface area contributed by atoms with Gasteiger partial charge >= 0.3 is 0 Å². The third kappa shape index (κ3) is 1.69. The highest BCUT2D eigenvalue weighted by Gasteiger charge is 2.39. The summed E-state index contributed by atoms with van der Waals surface area (Å²) < 4.78 is 6.25. The van der Waals surface area contributed by atoms with Crippen molar-refractivity contribution in [2.45, 2.75) is 25.0 Å². The van der Waals surface area contributed by atoms with E-state index in [2.05, 4.69) is 36.4 Å². The van der Waals surface area contributed by atoms with E-state index in [9.17, 15) is 5.11 Å². The predicted molar refractivity (Wildman–Crippen MR) is 78.4 cm³/mol. The van der Waals surface area contributed by atoms with Gasteiger partial charge in [-0.25, -0.2) is 0 Å². The number of aromatic hydroxyl groups is 1. The zero-order valence-corrected chi connectivity index (χ0v) is 11.2. The number of phenols is 1. The van der Waals surface area contributed by atoms with E-state index in [1.54, 1.807) is 6.07 Å². The number of phenolic OH excluding ortho intramolecular Hbond substituents is 1. The molecule has 20 heavy (non-hydrogen) atoms. The molecule has 1 atom stereocenters. The average molecular weight is 264 g/mol. The van der Waals surface area contributed by atoms with Crippen LogP contribution in [0.15, 0.2) is 48.5 Å². The van der Waals surface area contributed by atoms with Gasteiger partial charge in [-0.05, 0) is 40.8 Å². The molecule has 0 radical (unpaired) electrons. The first-order valence-corrected chi connectivity index (χ1v) is 6.98. The maximum atomic E-state index is 9.58. The van der Waals surface area contributed by atoms with Gasteiger partial charge < -0.3 is 9.84 Å². The molecule has 0 bridgehead atoms. The van der Waals surface area contributed by atoms with Crippen LogP contribution >= 0.6 is 0 Å². The minimum atomic E-state index is -0.241. The standard InChI is InChI=1S/C18H16O2/c19-16-8-7-14-11-18(20-12-15(14)10-16)9-3-5-13-4-1-2-6-17(13)18/h1-8,10,19H,9,11-12H2. The third-order valence-corrected chi connectivity index (χ3v) is 4.37. The van der Waals surface area contributed by atoms with Crippen molar-refractivity contribution in [2.75, 3.05) is 0 Å². The average Bonchev–Trinajstić information content (AvgIpc) is 2.48. The van der Waals surface area contributed by atoms with Crippen LogP contribution in [0.2, 0.25) is 0 Å². The van der Waals surface area contributed by atoms with Crippen molar-refractivity contribution in [3.05, 3.63) is 70.8 Å². The smallest absolute Gasteiger partial charge is 0.115 e. The molecule has 0 saturated carbocycles. The summed E-state index contributed by atoms with van der Waals surface area (Å²) in [6, 6.07) is 14.1. The van der Waals surface area contributed by atoms with Crippen LogP contribution in [0.4, 0.5) is 0 Å². The number of rotatable bonds is 0. The summed E-state index contributed by atoms with van der Waals surface area (Å²) in [5, 5.41) is 9.58. The molecule has 2 aliphatic rings. The topological polar surface area (TPSA) is 29.5 Å². The van der Waals surface area contributed by atoms with Crippen molar-refractivity contribution in [3.8, 4) is 5.75 Å². The molecule has 0 aromatic heterocycles. The molecule has 1 N–H and O–H groups in total. The Balaban J connectivity index is 1.81. The molecule has 4 rings (SSSR count). The Hall–Kier alpha value is -2.06. The van der Waals surface area contributed by atoms with Gasteiger partial charge in [0.1, 0.15) is 11.4 Å².